The summed E-state index contributed by atoms with van der Waals surface area (Å²) in [6, 6.07) is 0. The van der Waals surface area contributed by atoms with Crippen LogP contribution in [0.1, 0.15) is 65.7 Å². The highest BCUT2D eigenvalue weighted by Gasteiger charge is 2.81. The zero-order chi connectivity index (χ0) is 19.2. The Kier molecular flexibility index (Phi) is 2.75. The van der Waals surface area contributed by atoms with Gasteiger partial charge >= 0.3 is 5.97 Å². The number of hydrogen-bond donors (Lipinski definition) is 0. The summed E-state index contributed by atoms with van der Waals surface area (Å²) < 4.78 is 6.24. The molecule has 5 saturated carbocycles. The zero-order valence-corrected chi connectivity index (χ0v) is 17.4. The van der Waals surface area contributed by atoms with E-state index in [1.165, 1.54) is 24.8 Å². The lowest BCUT2D eigenvalue weighted by atomic mass is 9.45. The summed E-state index contributed by atoms with van der Waals surface area (Å²) >= 11 is 0. The first-order valence-corrected chi connectivity index (χ1v) is 11.8. The molecule has 28 heavy (non-hydrogen) atoms. The summed E-state index contributed by atoms with van der Waals surface area (Å²) in [6.45, 7) is 7.44. The number of rotatable bonds is 0. The minimum atomic E-state index is -0.141. The second kappa shape index (κ2) is 4.62. The SMILES string of the molecule is C[C@H]1[C@H]2C3=CC(=O)CC[C@]3(C)C3CC[C@@]4(C)C(C3[C@@H]12)[C@@H]1C[C@@H]1[C@@]41CCC(=O)O1. The first-order valence-electron chi connectivity index (χ1n) is 11.8. The molecule has 3 unspecified atom stereocenters. The molecule has 1 saturated heterocycles. The van der Waals surface area contributed by atoms with Crippen LogP contribution in [0, 0.1) is 58.2 Å². The molecule has 0 aromatic heterocycles. The lowest BCUT2D eigenvalue weighted by Crippen LogP contribution is -2.57. The molecule has 0 aromatic rings. The van der Waals surface area contributed by atoms with Crippen molar-refractivity contribution in [2.24, 2.45) is 58.2 Å². The van der Waals surface area contributed by atoms with E-state index in [9.17, 15) is 9.59 Å². The highest BCUT2D eigenvalue weighted by molar-refractivity contribution is 5.92. The second-order valence-electron chi connectivity index (χ2n) is 12.0. The maximum Gasteiger partial charge on any atom is 0.306 e. The largest absolute Gasteiger partial charge is 0.458 e. The van der Waals surface area contributed by atoms with E-state index in [1.54, 1.807) is 0 Å². The summed E-state index contributed by atoms with van der Waals surface area (Å²) in [4.78, 5) is 24.5. The van der Waals surface area contributed by atoms with Crippen molar-refractivity contribution in [2.75, 3.05) is 0 Å². The van der Waals surface area contributed by atoms with Gasteiger partial charge < -0.3 is 4.74 Å². The molecule has 7 rings (SSSR count). The van der Waals surface area contributed by atoms with Gasteiger partial charge in [0.25, 0.3) is 0 Å². The molecule has 0 radical (unpaired) electrons. The fourth-order valence-corrected chi connectivity index (χ4v) is 10.2. The number of ether oxygens (including phenoxy) is 1. The lowest BCUT2D eigenvalue weighted by molar-refractivity contribution is -0.177. The van der Waals surface area contributed by atoms with Crippen LogP contribution < -0.4 is 0 Å². The van der Waals surface area contributed by atoms with Crippen LogP contribution >= 0.6 is 0 Å². The standard InChI is InChI=1S/C25H32O3/c1-12-19-17-10-13(26)4-7-23(17,2)15-5-8-24(3)22(21(15)20(12)19)14-11-16(14)25(24)9-6-18(27)28-25/h10,12,14-16,19-22H,4-9,11H2,1-3H3/t12-,14+,15?,16-,19-,20-,21?,22?,23+,24-,25-/m0/s1. The molecule has 11 atom stereocenters. The molecule has 1 aliphatic heterocycles. The van der Waals surface area contributed by atoms with Crippen LogP contribution in [-0.2, 0) is 14.3 Å². The van der Waals surface area contributed by atoms with Gasteiger partial charge in [0, 0.05) is 24.2 Å². The Labute approximate surface area is 167 Å². The highest BCUT2D eigenvalue weighted by atomic mass is 16.6. The fraction of sp³-hybridized carbons (Fsp3) is 0.840. The van der Waals surface area contributed by atoms with E-state index in [0.717, 1.165) is 54.8 Å². The average molecular weight is 381 g/mol. The van der Waals surface area contributed by atoms with Gasteiger partial charge in [0.15, 0.2) is 5.78 Å². The minimum absolute atomic E-state index is 0.0546. The Bertz CT molecular complexity index is 858. The quantitative estimate of drug-likeness (QED) is 0.579. The number of esters is 1. The van der Waals surface area contributed by atoms with Crippen LogP contribution in [0.5, 0.6) is 0 Å². The molecule has 6 fully saturated rings. The van der Waals surface area contributed by atoms with E-state index in [-0.39, 0.29) is 22.4 Å². The fourth-order valence-electron chi connectivity index (χ4n) is 10.2. The minimum Gasteiger partial charge on any atom is -0.458 e. The van der Waals surface area contributed by atoms with Crippen LogP contribution in [0.3, 0.4) is 0 Å². The van der Waals surface area contributed by atoms with Crippen molar-refractivity contribution in [3.05, 3.63) is 11.6 Å². The van der Waals surface area contributed by atoms with Gasteiger partial charge in [-0.2, -0.15) is 0 Å². The molecule has 1 heterocycles. The molecule has 6 aliphatic carbocycles. The van der Waals surface area contributed by atoms with Gasteiger partial charge in [-0.25, -0.2) is 0 Å². The van der Waals surface area contributed by atoms with Crippen LogP contribution in [0.15, 0.2) is 11.6 Å². The van der Waals surface area contributed by atoms with Crippen molar-refractivity contribution in [1.29, 1.82) is 0 Å². The summed E-state index contributed by atoms with van der Waals surface area (Å²) in [5, 5.41) is 0. The number of allylic oxidation sites excluding steroid dienone is 1. The topological polar surface area (TPSA) is 43.4 Å². The third kappa shape index (κ3) is 1.58. The predicted molar refractivity (Wildman–Crippen MR) is 104 cm³/mol. The molecule has 150 valence electrons. The summed E-state index contributed by atoms with van der Waals surface area (Å²) in [5.41, 5.74) is 1.80. The van der Waals surface area contributed by atoms with Crippen molar-refractivity contribution >= 4 is 11.8 Å². The van der Waals surface area contributed by atoms with Crippen molar-refractivity contribution < 1.29 is 14.3 Å². The number of carbonyl (C=O) groups is 2. The smallest absolute Gasteiger partial charge is 0.306 e. The number of fused-ring (bicyclic) bond motifs is 12. The van der Waals surface area contributed by atoms with Crippen LogP contribution in [0.2, 0.25) is 0 Å². The normalized spacial score (nSPS) is 62.9. The molecule has 3 nitrogen and oxygen atoms in total. The molecular weight excluding hydrogens is 348 g/mol. The van der Waals surface area contributed by atoms with Crippen LogP contribution in [0.4, 0.5) is 0 Å². The molecule has 0 N–H and O–H groups in total. The van der Waals surface area contributed by atoms with Crippen LogP contribution in [-0.4, -0.2) is 17.4 Å². The zero-order valence-electron chi connectivity index (χ0n) is 17.4. The predicted octanol–water partition coefficient (Wildman–Crippen LogP) is 4.55. The summed E-state index contributed by atoms with van der Waals surface area (Å²) in [5.74, 6) is 6.24. The van der Waals surface area contributed by atoms with Gasteiger partial charge in [0.05, 0.1) is 0 Å². The van der Waals surface area contributed by atoms with Crippen molar-refractivity contribution in [3.8, 4) is 0 Å². The van der Waals surface area contributed by atoms with Gasteiger partial charge in [0.1, 0.15) is 5.60 Å². The van der Waals surface area contributed by atoms with Crippen LogP contribution in [0.25, 0.3) is 0 Å². The molecule has 0 aromatic carbocycles. The van der Waals surface area contributed by atoms with Gasteiger partial charge in [-0.3, -0.25) is 9.59 Å². The maximum atomic E-state index is 12.3. The molecule has 0 bridgehead atoms. The summed E-state index contributed by atoms with van der Waals surface area (Å²) in [6.07, 6.45) is 9.24. The second-order valence-corrected chi connectivity index (χ2v) is 12.0. The van der Waals surface area contributed by atoms with E-state index in [2.05, 4.69) is 26.8 Å². The lowest BCUT2D eigenvalue weighted by Gasteiger charge is -2.60. The molecular formula is C25H32O3. The Hall–Kier alpha value is -1.12. The van der Waals surface area contributed by atoms with E-state index in [1.807, 2.05) is 0 Å². The third-order valence-electron chi connectivity index (χ3n) is 11.4. The number of ketones is 1. The highest BCUT2D eigenvalue weighted by Crippen LogP contribution is 2.83. The van der Waals surface area contributed by atoms with Crippen molar-refractivity contribution in [3.63, 3.8) is 0 Å². The van der Waals surface area contributed by atoms with Crippen molar-refractivity contribution in [1.82, 2.24) is 0 Å². The van der Waals surface area contributed by atoms with Gasteiger partial charge in [-0.15, -0.1) is 0 Å². The van der Waals surface area contributed by atoms with Gasteiger partial charge in [-0.05, 0) is 85.0 Å². The molecule has 7 aliphatic rings. The Morgan fingerprint density at radius 3 is 2.61 bits per heavy atom. The number of hydrogen-bond acceptors (Lipinski definition) is 3. The van der Waals surface area contributed by atoms with Gasteiger partial charge in [0.2, 0.25) is 0 Å². The Morgan fingerprint density at radius 1 is 1.04 bits per heavy atom. The molecule has 3 heteroatoms. The third-order valence-corrected chi connectivity index (χ3v) is 11.4. The maximum absolute atomic E-state index is 12.3. The van der Waals surface area contributed by atoms with E-state index >= 15 is 0 Å². The van der Waals surface area contributed by atoms with E-state index in [4.69, 9.17) is 4.74 Å². The average Bonchev–Trinajstić information content (AvgIpc) is 3.51. The first kappa shape index (κ1) is 16.7. The summed E-state index contributed by atoms with van der Waals surface area (Å²) in [7, 11) is 0. The van der Waals surface area contributed by atoms with E-state index in [0.29, 0.717) is 24.0 Å². The number of carbonyl (C=O) groups excluding carboxylic acids is 2. The first-order chi connectivity index (χ1) is 13.3. The van der Waals surface area contributed by atoms with Gasteiger partial charge in [-0.1, -0.05) is 26.3 Å². The monoisotopic (exact) mass is 380 g/mol. The Balaban J connectivity index is 1.35. The molecule has 1 spiro atoms. The van der Waals surface area contributed by atoms with Crippen molar-refractivity contribution in [2.45, 2.75) is 71.3 Å². The molecule has 0 amide bonds. The Morgan fingerprint density at radius 2 is 1.86 bits per heavy atom. The van der Waals surface area contributed by atoms with E-state index < -0.39 is 0 Å².